The number of hydrogen-bond donors (Lipinski definition) is 2. The maximum absolute atomic E-state index is 12.9. The number of carbonyl (C=O) groups excluding carboxylic acids is 2. The zero-order valence-corrected chi connectivity index (χ0v) is 76.1. The second-order valence-electron chi connectivity index (χ2n) is 25.6. The van der Waals surface area contributed by atoms with Crippen LogP contribution in [0.4, 0.5) is 10.5 Å². The highest BCUT2D eigenvalue weighted by Gasteiger charge is 2.23. The SMILES string of the molecule is C.CC(C)(C)OC(=O)Nc1cc(Br)cc(Br)c1.CCCCC(CC)COC(=O)CCSc1cc(CC)cc(-c2ccccc2)c1.CCc1cc(-c2ccccc2)cc(S(=O)(=O)c2cnc(CN)s2)c1.CCc1cc(Br)cc(Br)c1.CCc1cc(Sc2cnc(CC)s2)cc(-c2ccccc2)c1.CCc1ncc(Br)s1. The molecule has 1 unspecified atom stereocenters. The molecular weight excluding hydrogens is 1800 g/mol. The number of halogens is 5. The lowest BCUT2D eigenvalue weighted by Gasteiger charge is -2.19. The molecule has 0 aliphatic rings. The highest BCUT2D eigenvalue weighted by molar-refractivity contribution is 9.11. The summed E-state index contributed by atoms with van der Waals surface area (Å²) in [6, 6.07) is 61.7. The fourth-order valence-electron chi connectivity index (χ4n) is 10.3. The van der Waals surface area contributed by atoms with Gasteiger partial charge in [0.25, 0.3) is 0 Å². The summed E-state index contributed by atoms with van der Waals surface area (Å²) in [5.41, 5.74) is 17.7. The minimum Gasteiger partial charge on any atom is -0.465 e. The Labute approximate surface area is 711 Å². The number of amides is 1. The second-order valence-corrected chi connectivity index (χ2v) is 38.7. The lowest BCUT2D eigenvalue weighted by atomic mass is 10.0. The molecule has 109 heavy (non-hydrogen) atoms. The first-order valence-electron chi connectivity index (χ1n) is 36.2. The van der Waals surface area contributed by atoms with E-state index in [1.807, 2.05) is 106 Å². The molecule has 0 saturated heterocycles. The molecule has 1 amide bonds. The van der Waals surface area contributed by atoms with Crippen LogP contribution < -0.4 is 11.1 Å². The molecular formula is C87H102Br5N5O6S6. The Balaban J connectivity index is 0.000000243. The Morgan fingerprint density at radius 3 is 1.45 bits per heavy atom. The van der Waals surface area contributed by atoms with E-state index >= 15 is 0 Å². The summed E-state index contributed by atoms with van der Waals surface area (Å²) >= 11 is 25.0. The van der Waals surface area contributed by atoms with Crippen LogP contribution in [0.3, 0.4) is 0 Å². The van der Waals surface area contributed by atoms with E-state index in [0.717, 1.165) is 107 Å². The molecule has 1 atom stereocenters. The van der Waals surface area contributed by atoms with Gasteiger partial charge in [-0.25, -0.2) is 28.2 Å². The van der Waals surface area contributed by atoms with Crippen molar-refractivity contribution in [3.05, 3.63) is 260 Å². The molecule has 11 nitrogen and oxygen atoms in total. The average molecular weight is 1910 g/mol. The van der Waals surface area contributed by atoms with Crippen molar-refractivity contribution in [2.24, 2.45) is 11.7 Å². The van der Waals surface area contributed by atoms with Gasteiger partial charge in [0.2, 0.25) is 9.84 Å². The van der Waals surface area contributed by atoms with Crippen LogP contribution in [0.15, 0.2) is 245 Å². The van der Waals surface area contributed by atoms with Crippen LogP contribution in [0.25, 0.3) is 33.4 Å². The van der Waals surface area contributed by atoms with Gasteiger partial charge in [-0.3, -0.25) is 10.1 Å². The molecule has 3 aromatic heterocycles. The van der Waals surface area contributed by atoms with Gasteiger partial charge in [0.15, 0.2) is 0 Å². The third-order valence-corrected chi connectivity index (χ3v) is 25.9. The molecule has 0 fully saturated rings. The fraction of sp³-hybridized carbons (Fsp3) is 0.322. The van der Waals surface area contributed by atoms with Crippen molar-refractivity contribution in [3.8, 4) is 33.4 Å². The molecule has 3 heterocycles. The van der Waals surface area contributed by atoms with Gasteiger partial charge in [-0.2, -0.15) is 0 Å². The zero-order valence-electron chi connectivity index (χ0n) is 63.2. The highest BCUT2D eigenvalue weighted by atomic mass is 79.9. The number of nitrogens with zero attached hydrogens (tertiary/aromatic N) is 3. The number of rotatable bonds is 25. The number of aryl methyl sites for hydroxylation is 6. The standard InChI is InChI=1S/C25H34O2S.C19H19NS2.C18H18N2O2S2.C11H13Br2NO2.C8H8Br2.C5H6BrNS.CH4/c1-4-7-11-20(5-2)19-27-25(26)14-15-28-24-17-21(6-3)16-23(18-24)22-12-9-8-10-13-22;1-3-14-10-16(15-8-6-5-7-9-15)12-17(11-14)21-19-13-20-18(4-2)22-19;1-2-13-8-15(14-6-4-3-5-7-14)10-16(9-13)24(21,22)18-12-20-17(11-19)23-18;1-11(2,3)16-10(15)14-9-5-7(12)4-8(13)6-9;1-2-6-3-7(9)5-8(10)4-6;1-2-5-7-3-4(6)8-5;/h8-10,12-13,16-18,20H,4-7,11,14-15,19H2,1-3H3;5-13H,3-4H2,1-2H3;3-10,12H,2,11,19H2,1H3;4-6H,1-3H3,(H,14,15);3-5H,2H2,1H3;3H,2H2,1H3;1H4. The average Bonchev–Trinajstić information content (AvgIpc) is 1.77. The second kappa shape index (κ2) is 49.8. The summed E-state index contributed by atoms with van der Waals surface area (Å²) in [5, 5.41) is 5.67. The van der Waals surface area contributed by atoms with Crippen LogP contribution in [-0.2, 0) is 69.2 Å². The minimum atomic E-state index is -3.59. The molecule has 0 radical (unpaired) electrons. The first-order chi connectivity index (χ1) is 51.8. The first kappa shape index (κ1) is 94.0. The molecule has 3 N–H and O–H groups in total. The highest BCUT2D eigenvalue weighted by Crippen LogP contribution is 2.37. The number of anilines is 1. The number of esters is 1. The molecule has 8 aromatic carbocycles. The summed E-state index contributed by atoms with van der Waals surface area (Å²) < 4.78 is 43.2. The van der Waals surface area contributed by atoms with Crippen molar-refractivity contribution in [2.75, 3.05) is 17.7 Å². The van der Waals surface area contributed by atoms with Crippen molar-refractivity contribution in [1.82, 2.24) is 15.0 Å². The first-order valence-corrected chi connectivity index (χ1v) is 45.9. The van der Waals surface area contributed by atoms with E-state index in [4.69, 9.17) is 15.2 Å². The van der Waals surface area contributed by atoms with Gasteiger partial charge in [0, 0.05) is 45.7 Å². The number of nitrogens with two attached hydrogens (primary N) is 1. The summed E-state index contributed by atoms with van der Waals surface area (Å²) in [6.45, 7) is 23.5. The van der Waals surface area contributed by atoms with Crippen LogP contribution in [-0.4, -0.2) is 53.4 Å². The maximum atomic E-state index is 12.9. The molecule has 0 aliphatic carbocycles. The van der Waals surface area contributed by atoms with Crippen molar-refractivity contribution in [2.45, 2.75) is 189 Å². The van der Waals surface area contributed by atoms with Gasteiger partial charge in [-0.05, 0) is 216 Å². The quantitative estimate of drug-likeness (QED) is 0.0412. The van der Waals surface area contributed by atoms with E-state index in [9.17, 15) is 18.0 Å². The summed E-state index contributed by atoms with van der Waals surface area (Å²) in [4.78, 5) is 39.0. The molecule has 0 aliphatic heterocycles. The van der Waals surface area contributed by atoms with E-state index in [1.165, 1.54) is 82.0 Å². The number of carbonyl (C=O) groups is 2. The molecule has 582 valence electrons. The maximum Gasteiger partial charge on any atom is 0.412 e. The number of thioether (sulfide) groups is 1. The Kier molecular flexibility index (Phi) is 42.9. The number of unbranched alkanes of at least 4 members (excludes halogenated alkanes) is 1. The Bertz CT molecular complexity index is 4610. The Morgan fingerprint density at radius 2 is 1.00 bits per heavy atom. The third-order valence-electron chi connectivity index (χ3n) is 16.0. The minimum absolute atomic E-state index is 0. The molecule has 0 spiro atoms. The van der Waals surface area contributed by atoms with Gasteiger partial charge in [-0.1, -0.05) is 267 Å². The molecule has 0 bridgehead atoms. The number of ether oxygens (including phenoxy) is 2. The Hall–Kier alpha value is -5.60. The van der Waals surface area contributed by atoms with E-state index in [0.29, 0.717) is 34.5 Å². The van der Waals surface area contributed by atoms with E-state index in [1.54, 1.807) is 58.7 Å². The van der Waals surface area contributed by atoms with Crippen LogP contribution in [0, 0.1) is 5.92 Å². The molecule has 22 heteroatoms. The lowest BCUT2D eigenvalue weighted by Crippen LogP contribution is -2.27. The number of nitrogens with one attached hydrogen (secondary N) is 1. The van der Waals surface area contributed by atoms with Gasteiger partial charge in [0.1, 0.15) is 14.8 Å². The van der Waals surface area contributed by atoms with Gasteiger partial charge in [0.05, 0.1) is 54.5 Å². The summed E-state index contributed by atoms with van der Waals surface area (Å²) in [7, 11) is -3.59. The number of hydrogen-bond acceptors (Lipinski definition) is 15. The largest absolute Gasteiger partial charge is 0.465 e. The summed E-state index contributed by atoms with van der Waals surface area (Å²) in [5.74, 6) is 1.19. The van der Waals surface area contributed by atoms with E-state index in [-0.39, 0.29) is 24.1 Å². The monoisotopic (exact) mass is 1900 g/mol. The third kappa shape index (κ3) is 34.3. The van der Waals surface area contributed by atoms with Crippen molar-refractivity contribution in [1.29, 1.82) is 0 Å². The predicted octanol–water partition coefficient (Wildman–Crippen LogP) is 28.3. The lowest BCUT2D eigenvalue weighted by molar-refractivity contribution is -0.144. The molecule has 11 aromatic rings. The van der Waals surface area contributed by atoms with E-state index in [2.05, 4.69) is 252 Å². The molecule has 11 rings (SSSR count). The number of sulfone groups is 1. The van der Waals surface area contributed by atoms with Crippen molar-refractivity contribution >= 4 is 165 Å². The van der Waals surface area contributed by atoms with Crippen molar-refractivity contribution < 1.29 is 27.5 Å². The summed E-state index contributed by atoms with van der Waals surface area (Å²) in [6.07, 6.45) is 15.8. The van der Waals surface area contributed by atoms with Crippen molar-refractivity contribution in [3.63, 3.8) is 0 Å². The predicted molar refractivity (Wildman–Crippen MR) is 483 cm³/mol. The Morgan fingerprint density at radius 1 is 0.532 bits per heavy atom. The van der Waals surface area contributed by atoms with Crippen LogP contribution >= 0.6 is 137 Å². The van der Waals surface area contributed by atoms with Crippen LogP contribution in [0.2, 0.25) is 0 Å². The number of benzene rings is 8. The van der Waals surface area contributed by atoms with Crippen LogP contribution in [0.5, 0.6) is 0 Å². The van der Waals surface area contributed by atoms with Gasteiger partial charge >= 0.3 is 12.1 Å². The number of aromatic nitrogens is 3. The number of thiazole rings is 3. The van der Waals surface area contributed by atoms with E-state index < -0.39 is 21.5 Å². The topological polar surface area (TPSA) is 163 Å². The van der Waals surface area contributed by atoms with Gasteiger partial charge < -0.3 is 15.2 Å². The smallest absolute Gasteiger partial charge is 0.412 e. The zero-order chi connectivity index (χ0) is 78.6. The van der Waals surface area contributed by atoms with Gasteiger partial charge in [-0.15, -0.1) is 45.8 Å². The van der Waals surface area contributed by atoms with Crippen LogP contribution in [0.1, 0.15) is 153 Å². The fourth-order valence-corrected chi connectivity index (χ4v) is 19.8. The normalized spacial score (nSPS) is 11.1. The molecule has 0 saturated carbocycles.